The van der Waals surface area contributed by atoms with E-state index in [1.54, 1.807) is 12.3 Å². The number of nitrogens with one attached hydrogen (secondary N) is 2. The second kappa shape index (κ2) is 11.8. The first kappa shape index (κ1) is 24.7. The molecule has 2 N–H and O–H groups in total. The molecule has 0 aromatic carbocycles. The molecule has 1 aliphatic rings. The van der Waals surface area contributed by atoms with Gasteiger partial charge in [0.1, 0.15) is 11.6 Å². The second-order valence-electron chi connectivity index (χ2n) is 9.13. The standard InChI is InChI=1S/C25H36ClFN4O/c1-4-6-8-19(5-2)31-23-14-20(21(27)16-28-23)18-13-22(24(26)29-15-18)30-17-25(3)9-7-11-32-12-10-25/h13-16,19,30H,4-12,17H2,1-3H3,(H,28,31). The van der Waals surface area contributed by atoms with E-state index in [1.165, 1.54) is 6.20 Å². The fourth-order valence-corrected chi connectivity index (χ4v) is 4.30. The molecule has 0 spiro atoms. The van der Waals surface area contributed by atoms with Gasteiger partial charge in [-0.1, -0.05) is 45.2 Å². The smallest absolute Gasteiger partial charge is 0.152 e. The van der Waals surface area contributed by atoms with Crippen molar-refractivity contribution in [2.75, 3.05) is 30.4 Å². The predicted octanol–water partition coefficient (Wildman–Crippen LogP) is 6.94. The molecule has 3 heterocycles. The van der Waals surface area contributed by atoms with Crippen LogP contribution < -0.4 is 10.6 Å². The zero-order chi connectivity index (χ0) is 23.0. The van der Waals surface area contributed by atoms with E-state index in [2.05, 4.69) is 41.4 Å². The maximum absolute atomic E-state index is 14.7. The third kappa shape index (κ3) is 6.79. The highest BCUT2D eigenvalue weighted by atomic mass is 35.5. The zero-order valence-electron chi connectivity index (χ0n) is 19.5. The largest absolute Gasteiger partial charge is 0.382 e. The van der Waals surface area contributed by atoms with Gasteiger partial charge >= 0.3 is 0 Å². The number of rotatable bonds is 10. The topological polar surface area (TPSA) is 59.1 Å². The molecular weight excluding hydrogens is 427 g/mol. The van der Waals surface area contributed by atoms with Crippen molar-refractivity contribution >= 4 is 23.1 Å². The van der Waals surface area contributed by atoms with E-state index in [4.69, 9.17) is 16.3 Å². The summed E-state index contributed by atoms with van der Waals surface area (Å²) in [6.45, 7) is 8.97. The van der Waals surface area contributed by atoms with Crippen LogP contribution in [0.4, 0.5) is 15.9 Å². The van der Waals surface area contributed by atoms with E-state index >= 15 is 0 Å². The number of anilines is 2. The van der Waals surface area contributed by atoms with Gasteiger partial charge in [0.15, 0.2) is 5.15 Å². The fourth-order valence-electron chi connectivity index (χ4n) is 4.13. The molecule has 3 rings (SSSR count). The summed E-state index contributed by atoms with van der Waals surface area (Å²) in [7, 11) is 0. The molecule has 0 aliphatic carbocycles. The van der Waals surface area contributed by atoms with Crippen molar-refractivity contribution in [1.29, 1.82) is 0 Å². The summed E-state index contributed by atoms with van der Waals surface area (Å²) in [5.74, 6) is 0.305. The van der Waals surface area contributed by atoms with Gasteiger partial charge in [-0.2, -0.15) is 0 Å². The van der Waals surface area contributed by atoms with E-state index in [1.807, 2.05) is 6.07 Å². The third-order valence-electron chi connectivity index (χ3n) is 6.38. The van der Waals surface area contributed by atoms with Gasteiger partial charge in [0.2, 0.25) is 0 Å². The number of ether oxygens (including phenoxy) is 1. The van der Waals surface area contributed by atoms with Crippen LogP contribution in [0, 0.1) is 11.2 Å². The van der Waals surface area contributed by atoms with Gasteiger partial charge in [-0.25, -0.2) is 14.4 Å². The SMILES string of the molecule is CCCCC(CC)Nc1cc(-c2cnc(Cl)c(NCC3(C)CCCOCC3)c2)c(F)cn1. The van der Waals surface area contributed by atoms with Crippen LogP contribution in [0.25, 0.3) is 11.1 Å². The molecule has 2 aromatic rings. The Kier molecular flexibility index (Phi) is 9.11. The molecular formula is C25H36ClFN4O. The minimum Gasteiger partial charge on any atom is -0.382 e. The van der Waals surface area contributed by atoms with Crippen molar-refractivity contribution in [2.24, 2.45) is 5.41 Å². The van der Waals surface area contributed by atoms with Gasteiger partial charge in [-0.3, -0.25) is 0 Å². The molecule has 32 heavy (non-hydrogen) atoms. The Labute approximate surface area is 196 Å². The quantitative estimate of drug-likeness (QED) is 0.374. The fraction of sp³-hybridized carbons (Fsp3) is 0.600. The van der Waals surface area contributed by atoms with E-state index in [0.717, 1.165) is 70.4 Å². The summed E-state index contributed by atoms with van der Waals surface area (Å²) in [4.78, 5) is 8.58. The van der Waals surface area contributed by atoms with Gasteiger partial charge in [-0.05, 0) is 49.7 Å². The maximum Gasteiger partial charge on any atom is 0.152 e. The Bertz CT molecular complexity index is 871. The highest BCUT2D eigenvalue weighted by Gasteiger charge is 2.26. The van der Waals surface area contributed by atoms with Gasteiger partial charge in [0.05, 0.1) is 11.9 Å². The summed E-state index contributed by atoms with van der Waals surface area (Å²) in [5.41, 5.74) is 1.99. The Morgan fingerprint density at radius 3 is 2.81 bits per heavy atom. The Balaban J connectivity index is 1.77. The number of pyridine rings is 2. The van der Waals surface area contributed by atoms with Crippen molar-refractivity contribution in [2.45, 2.75) is 71.8 Å². The van der Waals surface area contributed by atoms with Gasteiger partial charge in [-0.15, -0.1) is 0 Å². The number of unbranched alkanes of at least 4 members (excludes halogenated alkanes) is 1. The molecule has 2 aromatic heterocycles. The van der Waals surface area contributed by atoms with Crippen molar-refractivity contribution in [1.82, 2.24) is 9.97 Å². The minimum absolute atomic E-state index is 0.127. The summed E-state index contributed by atoms with van der Waals surface area (Å²) in [6, 6.07) is 3.97. The molecule has 1 aliphatic heterocycles. The predicted molar refractivity (Wildman–Crippen MR) is 131 cm³/mol. The van der Waals surface area contributed by atoms with E-state index < -0.39 is 0 Å². The van der Waals surface area contributed by atoms with Crippen LogP contribution >= 0.6 is 11.6 Å². The van der Waals surface area contributed by atoms with Crippen LogP contribution in [0.1, 0.15) is 65.7 Å². The van der Waals surface area contributed by atoms with Crippen LogP contribution in [0.2, 0.25) is 5.15 Å². The second-order valence-corrected chi connectivity index (χ2v) is 9.49. The lowest BCUT2D eigenvalue weighted by molar-refractivity contribution is 0.135. The van der Waals surface area contributed by atoms with Crippen molar-refractivity contribution in [3.63, 3.8) is 0 Å². The Hall–Kier alpha value is -1.92. The van der Waals surface area contributed by atoms with Crippen LogP contribution in [-0.2, 0) is 4.74 Å². The molecule has 2 unspecified atom stereocenters. The maximum atomic E-state index is 14.7. The van der Waals surface area contributed by atoms with Crippen LogP contribution in [0.15, 0.2) is 24.5 Å². The first-order valence-electron chi connectivity index (χ1n) is 11.8. The van der Waals surface area contributed by atoms with E-state index in [0.29, 0.717) is 28.1 Å². The minimum atomic E-state index is -0.375. The molecule has 2 atom stereocenters. The number of hydrogen-bond donors (Lipinski definition) is 2. The summed E-state index contributed by atoms with van der Waals surface area (Å²) < 4.78 is 20.3. The van der Waals surface area contributed by atoms with E-state index in [9.17, 15) is 4.39 Å². The highest BCUT2D eigenvalue weighted by Crippen LogP contribution is 2.33. The third-order valence-corrected chi connectivity index (χ3v) is 6.68. The normalized spacial score (nSPS) is 19.9. The Morgan fingerprint density at radius 2 is 2.03 bits per heavy atom. The molecule has 0 bridgehead atoms. The number of aromatic nitrogens is 2. The number of hydrogen-bond acceptors (Lipinski definition) is 5. The lowest BCUT2D eigenvalue weighted by atomic mass is 9.83. The average molecular weight is 463 g/mol. The zero-order valence-corrected chi connectivity index (χ0v) is 20.3. The molecule has 7 heteroatoms. The summed E-state index contributed by atoms with van der Waals surface area (Å²) >= 11 is 6.37. The first-order valence-corrected chi connectivity index (χ1v) is 12.2. The molecule has 176 valence electrons. The van der Waals surface area contributed by atoms with Crippen LogP contribution in [-0.4, -0.2) is 35.8 Å². The van der Waals surface area contributed by atoms with Crippen LogP contribution in [0.3, 0.4) is 0 Å². The molecule has 0 radical (unpaired) electrons. The monoisotopic (exact) mass is 462 g/mol. The molecule has 0 saturated carbocycles. The molecule has 0 amide bonds. The highest BCUT2D eigenvalue weighted by molar-refractivity contribution is 6.32. The van der Waals surface area contributed by atoms with Crippen molar-refractivity contribution in [3.8, 4) is 11.1 Å². The summed E-state index contributed by atoms with van der Waals surface area (Å²) in [5, 5.41) is 7.30. The van der Waals surface area contributed by atoms with Gasteiger partial charge in [0, 0.05) is 43.1 Å². The summed E-state index contributed by atoms with van der Waals surface area (Å²) in [6.07, 6.45) is 10.4. The lowest BCUT2D eigenvalue weighted by Crippen LogP contribution is -2.27. The lowest BCUT2D eigenvalue weighted by Gasteiger charge is -2.28. The van der Waals surface area contributed by atoms with Crippen molar-refractivity contribution < 1.29 is 9.13 Å². The number of nitrogens with zero attached hydrogens (tertiary/aromatic N) is 2. The number of halogens is 2. The molecule has 5 nitrogen and oxygen atoms in total. The molecule has 1 fully saturated rings. The van der Waals surface area contributed by atoms with E-state index in [-0.39, 0.29) is 11.2 Å². The Morgan fingerprint density at radius 1 is 1.19 bits per heavy atom. The van der Waals surface area contributed by atoms with Gasteiger partial charge < -0.3 is 15.4 Å². The van der Waals surface area contributed by atoms with Crippen molar-refractivity contribution in [3.05, 3.63) is 35.5 Å². The molecule has 1 saturated heterocycles. The first-order chi connectivity index (χ1) is 15.4. The van der Waals surface area contributed by atoms with Crippen LogP contribution in [0.5, 0.6) is 0 Å². The average Bonchev–Trinajstić information content (AvgIpc) is 3.02. The van der Waals surface area contributed by atoms with Gasteiger partial charge in [0.25, 0.3) is 0 Å².